The first-order valence-corrected chi connectivity index (χ1v) is 7.51. The molecule has 1 aromatic carbocycles. The molecule has 0 aliphatic carbocycles. The van der Waals surface area contributed by atoms with Crippen LogP contribution in [-0.4, -0.2) is 34.1 Å². The lowest BCUT2D eigenvalue weighted by Crippen LogP contribution is -2.39. The van der Waals surface area contributed by atoms with Gasteiger partial charge in [0, 0.05) is 25.3 Å². The Labute approximate surface area is 128 Å². The predicted molar refractivity (Wildman–Crippen MR) is 84.9 cm³/mol. The van der Waals surface area contributed by atoms with Crippen molar-refractivity contribution in [2.75, 3.05) is 23.3 Å². The smallest absolute Gasteiger partial charge is 0.298 e. The summed E-state index contributed by atoms with van der Waals surface area (Å²) in [7, 11) is 0. The van der Waals surface area contributed by atoms with E-state index in [0.717, 1.165) is 48.9 Å². The Morgan fingerprint density at radius 1 is 1.14 bits per heavy atom. The molecule has 0 saturated carbocycles. The Balaban J connectivity index is 1.41. The first-order chi connectivity index (χ1) is 10.9. The monoisotopic (exact) mass is 295 g/mol. The van der Waals surface area contributed by atoms with Crippen LogP contribution in [0.3, 0.4) is 0 Å². The van der Waals surface area contributed by atoms with Crippen molar-refractivity contribution in [3.05, 3.63) is 42.9 Å². The van der Waals surface area contributed by atoms with Crippen LogP contribution < -0.4 is 10.2 Å². The van der Waals surface area contributed by atoms with Crippen LogP contribution in [0.5, 0.6) is 0 Å². The van der Waals surface area contributed by atoms with Gasteiger partial charge in [0.2, 0.25) is 0 Å². The van der Waals surface area contributed by atoms with Gasteiger partial charge in [-0.2, -0.15) is 4.98 Å². The minimum atomic E-state index is 0.426. The van der Waals surface area contributed by atoms with E-state index in [1.165, 1.54) is 0 Å². The third-order valence-electron chi connectivity index (χ3n) is 3.98. The van der Waals surface area contributed by atoms with Crippen LogP contribution in [0.25, 0.3) is 11.1 Å². The minimum absolute atomic E-state index is 0.426. The molecule has 6 nitrogen and oxygen atoms in total. The fourth-order valence-corrected chi connectivity index (χ4v) is 2.80. The molecule has 4 rings (SSSR count). The zero-order valence-electron chi connectivity index (χ0n) is 12.1. The average molecular weight is 295 g/mol. The summed E-state index contributed by atoms with van der Waals surface area (Å²) in [6, 6.07) is 10.9. The fourth-order valence-electron chi connectivity index (χ4n) is 2.80. The van der Waals surface area contributed by atoms with E-state index in [0.29, 0.717) is 6.04 Å². The Morgan fingerprint density at radius 2 is 2.00 bits per heavy atom. The Kier molecular flexibility index (Phi) is 3.34. The summed E-state index contributed by atoms with van der Waals surface area (Å²) in [6.07, 6.45) is 5.38. The summed E-state index contributed by atoms with van der Waals surface area (Å²) in [5, 5.41) is 3.45. The molecule has 0 unspecified atom stereocenters. The maximum absolute atomic E-state index is 5.83. The van der Waals surface area contributed by atoms with Crippen LogP contribution >= 0.6 is 0 Å². The summed E-state index contributed by atoms with van der Waals surface area (Å²) < 4.78 is 5.83. The number of para-hydroxylation sites is 2. The number of anilines is 2. The average Bonchev–Trinajstić information content (AvgIpc) is 3.00. The van der Waals surface area contributed by atoms with Gasteiger partial charge < -0.3 is 14.6 Å². The molecule has 1 saturated heterocycles. The summed E-state index contributed by atoms with van der Waals surface area (Å²) in [6.45, 7) is 1.85. The second-order valence-corrected chi connectivity index (χ2v) is 5.46. The number of fused-ring (bicyclic) bond motifs is 1. The molecule has 1 aliphatic heterocycles. The lowest BCUT2D eigenvalue weighted by atomic mass is 10.1. The zero-order valence-corrected chi connectivity index (χ0v) is 12.1. The van der Waals surface area contributed by atoms with Gasteiger partial charge in [0.15, 0.2) is 5.58 Å². The van der Waals surface area contributed by atoms with E-state index in [4.69, 9.17) is 4.42 Å². The SMILES string of the molecule is c1ccc2oc(N3CCC(Nc4ccncn4)CC3)nc2c1. The third kappa shape index (κ3) is 2.59. The Bertz CT molecular complexity index is 716. The van der Waals surface area contributed by atoms with E-state index in [9.17, 15) is 0 Å². The molecule has 0 atom stereocenters. The normalized spacial score (nSPS) is 16.1. The van der Waals surface area contributed by atoms with Crippen molar-refractivity contribution in [1.82, 2.24) is 15.0 Å². The summed E-state index contributed by atoms with van der Waals surface area (Å²) in [5.41, 5.74) is 1.76. The van der Waals surface area contributed by atoms with Gasteiger partial charge in [0.25, 0.3) is 6.01 Å². The highest BCUT2D eigenvalue weighted by atomic mass is 16.4. The van der Waals surface area contributed by atoms with E-state index in [1.807, 2.05) is 30.3 Å². The molecule has 112 valence electrons. The van der Waals surface area contributed by atoms with Gasteiger partial charge in [-0.1, -0.05) is 12.1 Å². The molecule has 0 radical (unpaired) electrons. The Hall–Kier alpha value is -2.63. The number of aromatic nitrogens is 3. The number of hydrogen-bond donors (Lipinski definition) is 1. The van der Waals surface area contributed by atoms with E-state index in [-0.39, 0.29) is 0 Å². The van der Waals surface area contributed by atoms with E-state index in [2.05, 4.69) is 25.2 Å². The number of oxazole rings is 1. The van der Waals surface area contributed by atoms with Crippen molar-refractivity contribution < 1.29 is 4.42 Å². The molecule has 0 spiro atoms. The van der Waals surface area contributed by atoms with Crippen molar-refractivity contribution in [2.24, 2.45) is 0 Å². The van der Waals surface area contributed by atoms with E-state index < -0.39 is 0 Å². The molecular formula is C16H17N5O. The number of benzene rings is 1. The number of hydrogen-bond acceptors (Lipinski definition) is 6. The molecule has 2 aromatic heterocycles. The van der Waals surface area contributed by atoms with Crippen LogP contribution in [0, 0.1) is 0 Å². The standard InChI is InChI=1S/C16H17N5O/c1-2-4-14-13(3-1)20-16(22-14)21-9-6-12(7-10-21)19-15-5-8-17-11-18-15/h1-5,8,11-12H,6-7,9-10H2,(H,17,18,19). The van der Waals surface area contributed by atoms with E-state index >= 15 is 0 Å². The van der Waals surface area contributed by atoms with Gasteiger partial charge in [-0.25, -0.2) is 9.97 Å². The number of rotatable bonds is 3. The molecule has 1 N–H and O–H groups in total. The van der Waals surface area contributed by atoms with Crippen molar-refractivity contribution >= 4 is 22.9 Å². The zero-order chi connectivity index (χ0) is 14.8. The quantitative estimate of drug-likeness (QED) is 0.801. The van der Waals surface area contributed by atoms with Gasteiger partial charge in [-0.15, -0.1) is 0 Å². The van der Waals surface area contributed by atoms with Crippen LogP contribution in [0.2, 0.25) is 0 Å². The molecule has 22 heavy (non-hydrogen) atoms. The minimum Gasteiger partial charge on any atom is -0.423 e. The first kappa shape index (κ1) is 13.1. The van der Waals surface area contributed by atoms with Gasteiger partial charge in [-0.3, -0.25) is 0 Å². The van der Waals surface area contributed by atoms with Gasteiger partial charge in [0.1, 0.15) is 17.7 Å². The number of nitrogens with one attached hydrogen (secondary N) is 1. The highest BCUT2D eigenvalue weighted by Gasteiger charge is 2.22. The molecule has 1 aliphatic rings. The van der Waals surface area contributed by atoms with Crippen LogP contribution in [0.15, 0.2) is 47.3 Å². The summed E-state index contributed by atoms with van der Waals surface area (Å²) in [5.74, 6) is 0.885. The molecule has 0 amide bonds. The van der Waals surface area contributed by atoms with Gasteiger partial charge in [-0.05, 0) is 31.0 Å². The second-order valence-electron chi connectivity index (χ2n) is 5.46. The molecule has 3 aromatic rings. The number of nitrogens with zero attached hydrogens (tertiary/aromatic N) is 4. The van der Waals surface area contributed by atoms with Crippen molar-refractivity contribution in [2.45, 2.75) is 18.9 Å². The van der Waals surface area contributed by atoms with Crippen molar-refractivity contribution in [3.8, 4) is 0 Å². The van der Waals surface area contributed by atoms with Crippen LogP contribution in [-0.2, 0) is 0 Å². The van der Waals surface area contributed by atoms with Crippen molar-refractivity contribution in [1.29, 1.82) is 0 Å². The van der Waals surface area contributed by atoms with Crippen LogP contribution in [0.1, 0.15) is 12.8 Å². The largest absolute Gasteiger partial charge is 0.423 e. The molecule has 3 heterocycles. The predicted octanol–water partition coefficient (Wildman–Crippen LogP) is 2.70. The fraction of sp³-hybridized carbons (Fsp3) is 0.312. The highest BCUT2D eigenvalue weighted by molar-refractivity contribution is 5.74. The lowest BCUT2D eigenvalue weighted by molar-refractivity contribution is 0.481. The number of piperidine rings is 1. The highest BCUT2D eigenvalue weighted by Crippen LogP contribution is 2.25. The molecule has 1 fully saturated rings. The lowest BCUT2D eigenvalue weighted by Gasteiger charge is -2.31. The topological polar surface area (TPSA) is 67.1 Å². The van der Waals surface area contributed by atoms with Gasteiger partial charge in [0.05, 0.1) is 0 Å². The first-order valence-electron chi connectivity index (χ1n) is 7.51. The molecule has 6 heteroatoms. The van der Waals surface area contributed by atoms with E-state index in [1.54, 1.807) is 12.5 Å². The summed E-state index contributed by atoms with van der Waals surface area (Å²) >= 11 is 0. The van der Waals surface area contributed by atoms with Crippen LogP contribution in [0.4, 0.5) is 11.8 Å². The second kappa shape index (κ2) is 5.63. The third-order valence-corrected chi connectivity index (χ3v) is 3.98. The van der Waals surface area contributed by atoms with Crippen molar-refractivity contribution in [3.63, 3.8) is 0 Å². The van der Waals surface area contributed by atoms with Gasteiger partial charge >= 0.3 is 0 Å². The maximum atomic E-state index is 5.83. The Morgan fingerprint density at radius 3 is 2.77 bits per heavy atom. The molecule has 0 bridgehead atoms. The summed E-state index contributed by atoms with van der Waals surface area (Å²) in [4.78, 5) is 14.9. The maximum Gasteiger partial charge on any atom is 0.298 e. The molecular weight excluding hydrogens is 278 g/mol.